The summed E-state index contributed by atoms with van der Waals surface area (Å²) >= 11 is 0. The summed E-state index contributed by atoms with van der Waals surface area (Å²) < 4.78 is 0. The fourth-order valence-corrected chi connectivity index (χ4v) is 2.48. The normalized spacial score (nSPS) is 27.5. The van der Waals surface area contributed by atoms with Crippen LogP contribution in [0.5, 0.6) is 0 Å². The molecule has 0 radical (unpaired) electrons. The Morgan fingerprint density at radius 2 is 2.38 bits per heavy atom. The lowest BCUT2D eigenvalue weighted by atomic mass is 9.84. The fraction of sp³-hybridized carbons (Fsp3) is 0.727. The van der Waals surface area contributed by atoms with E-state index < -0.39 is 0 Å². The molecule has 0 bridgehead atoms. The summed E-state index contributed by atoms with van der Waals surface area (Å²) in [5.74, 6) is 0.759. The van der Waals surface area contributed by atoms with E-state index in [9.17, 15) is 0 Å². The molecule has 0 aromatic carbocycles. The fourth-order valence-electron chi connectivity index (χ4n) is 2.48. The Bertz CT molecular complexity index is 263. The van der Waals surface area contributed by atoms with Gasteiger partial charge < -0.3 is 5.32 Å². The molecule has 0 spiro atoms. The van der Waals surface area contributed by atoms with Gasteiger partial charge in [-0.2, -0.15) is 0 Å². The van der Waals surface area contributed by atoms with Crippen molar-refractivity contribution in [3.05, 3.63) is 11.3 Å². The van der Waals surface area contributed by atoms with Crippen LogP contribution in [-0.2, 0) is 0 Å². The maximum atomic E-state index is 4.61. The first kappa shape index (κ1) is 8.95. The second-order valence-corrected chi connectivity index (χ2v) is 4.14. The summed E-state index contributed by atoms with van der Waals surface area (Å²) in [6.45, 7) is 3.27. The lowest BCUT2D eigenvalue weighted by molar-refractivity contribution is 0.475. The van der Waals surface area contributed by atoms with Crippen molar-refractivity contribution in [2.24, 2.45) is 10.9 Å². The molecular weight excluding hydrogens is 160 g/mol. The molecule has 1 unspecified atom stereocenters. The Kier molecular flexibility index (Phi) is 2.49. The van der Waals surface area contributed by atoms with E-state index in [0.717, 1.165) is 18.9 Å². The van der Waals surface area contributed by atoms with Crippen molar-refractivity contribution in [2.45, 2.75) is 32.6 Å². The van der Waals surface area contributed by atoms with Crippen LogP contribution in [0.25, 0.3) is 0 Å². The summed E-state index contributed by atoms with van der Waals surface area (Å²) in [7, 11) is 2.04. The Morgan fingerprint density at radius 3 is 3.15 bits per heavy atom. The molecule has 13 heavy (non-hydrogen) atoms. The van der Waals surface area contributed by atoms with Crippen molar-refractivity contribution in [1.29, 1.82) is 0 Å². The molecule has 2 heteroatoms. The molecule has 0 saturated heterocycles. The van der Waals surface area contributed by atoms with Crippen molar-refractivity contribution in [1.82, 2.24) is 5.32 Å². The van der Waals surface area contributed by atoms with Crippen molar-refractivity contribution < 1.29 is 0 Å². The predicted molar refractivity (Wildman–Crippen MR) is 56.0 cm³/mol. The van der Waals surface area contributed by atoms with Gasteiger partial charge in [-0.25, -0.2) is 0 Å². The van der Waals surface area contributed by atoms with Crippen LogP contribution in [0.3, 0.4) is 0 Å². The number of hydrogen-bond acceptors (Lipinski definition) is 2. The zero-order chi connectivity index (χ0) is 9.26. The van der Waals surface area contributed by atoms with Gasteiger partial charge in [-0.3, -0.25) is 4.99 Å². The van der Waals surface area contributed by atoms with Gasteiger partial charge in [-0.05, 0) is 44.7 Å². The van der Waals surface area contributed by atoms with Gasteiger partial charge in [0.25, 0.3) is 0 Å². The highest BCUT2D eigenvalue weighted by Gasteiger charge is 2.26. The minimum Gasteiger partial charge on any atom is -0.319 e. The first-order chi connectivity index (χ1) is 6.31. The van der Waals surface area contributed by atoms with E-state index in [-0.39, 0.29) is 0 Å². The Morgan fingerprint density at radius 1 is 1.54 bits per heavy atom. The van der Waals surface area contributed by atoms with Crippen molar-refractivity contribution >= 4 is 5.71 Å². The Hall–Kier alpha value is -0.630. The largest absolute Gasteiger partial charge is 0.319 e. The average molecular weight is 178 g/mol. The summed E-state index contributed by atoms with van der Waals surface area (Å²) in [5, 5.41) is 3.28. The van der Waals surface area contributed by atoms with E-state index in [2.05, 4.69) is 17.2 Å². The molecular formula is C11H18N2. The van der Waals surface area contributed by atoms with Crippen LogP contribution in [0.2, 0.25) is 0 Å². The van der Waals surface area contributed by atoms with E-state index in [1.165, 1.54) is 30.7 Å². The molecule has 72 valence electrons. The van der Waals surface area contributed by atoms with Crippen LogP contribution < -0.4 is 5.32 Å². The minimum absolute atomic E-state index is 0.759. The third-order valence-corrected chi connectivity index (χ3v) is 3.05. The zero-order valence-corrected chi connectivity index (χ0v) is 8.56. The van der Waals surface area contributed by atoms with Gasteiger partial charge >= 0.3 is 0 Å². The van der Waals surface area contributed by atoms with Crippen LogP contribution in [0.1, 0.15) is 32.6 Å². The van der Waals surface area contributed by atoms with E-state index in [0.29, 0.717) is 0 Å². The zero-order valence-electron chi connectivity index (χ0n) is 8.56. The molecule has 0 saturated carbocycles. The van der Waals surface area contributed by atoms with Gasteiger partial charge in [-0.1, -0.05) is 0 Å². The molecule has 1 aliphatic heterocycles. The number of aliphatic imine (C=N–C) groups is 1. The lowest BCUT2D eigenvalue weighted by Gasteiger charge is -2.23. The van der Waals surface area contributed by atoms with Gasteiger partial charge in [0.15, 0.2) is 0 Å². The molecule has 1 N–H and O–H groups in total. The van der Waals surface area contributed by atoms with Gasteiger partial charge in [-0.15, -0.1) is 0 Å². The van der Waals surface area contributed by atoms with E-state index >= 15 is 0 Å². The molecule has 1 aliphatic carbocycles. The highest BCUT2D eigenvalue weighted by molar-refractivity contribution is 5.88. The summed E-state index contributed by atoms with van der Waals surface area (Å²) in [6.07, 6.45) is 5.03. The summed E-state index contributed by atoms with van der Waals surface area (Å²) in [5.41, 5.74) is 4.34. The van der Waals surface area contributed by atoms with Crippen molar-refractivity contribution in [2.75, 3.05) is 13.6 Å². The van der Waals surface area contributed by atoms with E-state index in [1.54, 1.807) is 5.57 Å². The van der Waals surface area contributed by atoms with E-state index in [4.69, 9.17) is 0 Å². The number of nitrogens with zero attached hydrogens (tertiary/aromatic N) is 1. The van der Waals surface area contributed by atoms with Gasteiger partial charge in [0.1, 0.15) is 0 Å². The summed E-state index contributed by atoms with van der Waals surface area (Å²) in [6, 6.07) is 0. The highest BCUT2D eigenvalue weighted by Crippen LogP contribution is 2.36. The molecule has 0 amide bonds. The third-order valence-electron chi connectivity index (χ3n) is 3.05. The Balaban J connectivity index is 2.13. The van der Waals surface area contributed by atoms with Crippen LogP contribution >= 0.6 is 0 Å². The first-order valence-corrected chi connectivity index (χ1v) is 5.22. The number of rotatable bonds is 2. The van der Waals surface area contributed by atoms with Crippen LogP contribution in [0.15, 0.2) is 16.3 Å². The second kappa shape index (κ2) is 3.62. The number of allylic oxidation sites excluding steroid dienone is 1. The van der Waals surface area contributed by atoms with Crippen molar-refractivity contribution in [3.63, 3.8) is 0 Å². The standard InChI is InChI=1S/C11H18N2/c1-8-6-10-9(7-12-2)4-3-5-11(10)13-8/h9,12H,3-7H2,1-2H3. The molecule has 2 nitrogen and oxygen atoms in total. The third kappa shape index (κ3) is 1.68. The smallest absolute Gasteiger partial charge is 0.0402 e. The minimum atomic E-state index is 0.759. The molecule has 1 atom stereocenters. The Labute approximate surface area is 80.1 Å². The summed E-state index contributed by atoms with van der Waals surface area (Å²) in [4.78, 5) is 4.61. The predicted octanol–water partition coefficient (Wildman–Crippen LogP) is 2.12. The maximum absolute atomic E-state index is 4.61. The molecule has 2 aliphatic rings. The average Bonchev–Trinajstić information content (AvgIpc) is 2.47. The lowest BCUT2D eigenvalue weighted by Crippen LogP contribution is -2.23. The molecule has 2 rings (SSSR count). The molecule has 0 aromatic heterocycles. The molecule has 0 aromatic rings. The second-order valence-electron chi connectivity index (χ2n) is 4.14. The number of nitrogens with one attached hydrogen (secondary N) is 1. The van der Waals surface area contributed by atoms with Gasteiger partial charge in [0.2, 0.25) is 0 Å². The molecule has 1 heterocycles. The topological polar surface area (TPSA) is 24.4 Å². The number of hydrogen-bond donors (Lipinski definition) is 1. The SMILES string of the molecule is CNCC1CCCC2=C1CC(C)=N2. The first-order valence-electron chi connectivity index (χ1n) is 5.22. The monoisotopic (exact) mass is 178 g/mol. The van der Waals surface area contributed by atoms with Crippen LogP contribution in [0.4, 0.5) is 0 Å². The molecule has 0 fully saturated rings. The van der Waals surface area contributed by atoms with Crippen LogP contribution in [0, 0.1) is 5.92 Å². The quantitative estimate of drug-likeness (QED) is 0.688. The van der Waals surface area contributed by atoms with Gasteiger partial charge in [0, 0.05) is 24.4 Å². The van der Waals surface area contributed by atoms with Crippen LogP contribution in [-0.4, -0.2) is 19.3 Å². The van der Waals surface area contributed by atoms with Crippen molar-refractivity contribution in [3.8, 4) is 0 Å². The maximum Gasteiger partial charge on any atom is 0.0402 e. The highest BCUT2D eigenvalue weighted by atomic mass is 14.8. The van der Waals surface area contributed by atoms with E-state index in [1.807, 2.05) is 7.05 Å². The van der Waals surface area contributed by atoms with Gasteiger partial charge in [0.05, 0.1) is 0 Å².